The van der Waals surface area contributed by atoms with Crippen molar-refractivity contribution in [2.24, 2.45) is 0 Å². The zero-order valence-corrected chi connectivity index (χ0v) is 19.0. The van der Waals surface area contributed by atoms with Crippen LogP contribution in [0.1, 0.15) is 18.2 Å². The van der Waals surface area contributed by atoms with Crippen molar-refractivity contribution in [1.29, 1.82) is 0 Å². The molecule has 0 unspecified atom stereocenters. The minimum atomic E-state index is -4.37. The molecule has 1 aliphatic heterocycles. The quantitative estimate of drug-likeness (QED) is 0.597. The Hall–Kier alpha value is -2.37. The first-order chi connectivity index (χ1) is 14.7. The number of nitrogens with zero attached hydrogens (tertiary/aromatic N) is 3. The summed E-state index contributed by atoms with van der Waals surface area (Å²) in [5, 5.41) is 4.82. The Kier molecular flexibility index (Phi) is 9.29. The molecule has 3 rings (SSSR count). The van der Waals surface area contributed by atoms with Gasteiger partial charge >= 0.3 is 12.1 Å². The highest BCUT2D eigenvalue weighted by Crippen LogP contribution is 2.31. The molecule has 2 aromatic rings. The molecule has 1 aromatic carbocycles. The van der Waals surface area contributed by atoms with Gasteiger partial charge in [0.25, 0.3) is 0 Å². The smallest absolute Gasteiger partial charge is 0.416 e. The molecule has 7 nitrogen and oxygen atoms in total. The standard InChI is InChI=1S/C20H23F3N4O3S.ClH/c1-2-30-18(29)11-15-13-31-19(24-15)25-17(28)12-26-6-8-27(9-7-26)16-5-3-4-14(10-16)20(21,22)23;/h3-5,10,13H,2,6-9,11-12H2,1H3,(H,24,25,28);1H. The van der Waals surface area contributed by atoms with Crippen LogP contribution in [0.4, 0.5) is 24.0 Å². The number of rotatable bonds is 7. The van der Waals surface area contributed by atoms with Gasteiger partial charge in [0.2, 0.25) is 5.91 Å². The highest BCUT2D eigenvalue weighted by molar-refractivity contribution is 7.13. The van der Waals surface area contributed by atoms with Gasteiger partial charge in [-0.25, -0.2) is 4.98 Å². The van der Waals surface area contributed by atoms with Gasteiger partial charge in [0.05, 0.1) is 30.8 Å². The lowest BCUT2D eigenvalue weighted by Crippen LogP contribution is -2.48. The van der Waals surface area contributed by atoms with E-state index in [1.54, 1.807) is 18.4 Å². The average molecular weight is 493 g/mol. The lowest BCUT2D eigenvalue weighted by Gasteiger charge is -2.35. The van der Waals surface area contributed by atoms with E-state index >= 15 is 0 Å². The predicted molar refractivity (Wildman–Crippen MR) is 118 cm³/mol. The fraction of sp³-hybridized carbons (Fsp3) is 0.450. The number of hydrogen-bond acceptors (Lipinski definition) is 7. The summed E-state index contributed by atoms with van der Waals surface area (Å²) < 4.78 is 43.6. The van der Waals surface area contributed by atoms with Crippen molar-refractivity contribution < 1.29 is 27.5 Å². The summed E-state index contributed by atoms with van der Waals surface area (Å²) in [5.41, 5.74) is 0.391. The van der Waals surface area contributed by atoms with E-state index in [-0.39, 0.29) is 37.2 Å². The maximum absolute atomic E-state index is 12.9. The van der Waals surface area contributed by atoms with E-state index < -0.39 is 11.7 Å². The number of amides is 1. The maximum atomic E-state index is 12.9. The first kappa shape index (κ1) is 25.9. The van der Waals surface area contributed by atoms with Gasteiger partial charge in [0, 0.05) is 37.2 Å². The second-order valence-electron chi connectivity index (χ2n) is 6.99. The van der Waals surface area contributed by atoms with Crippen molar-refractivity contribution in [2.45, 2.75) is 19.5 Å². The van der Waals surface area contributed by atoms with Crippen molar-refractivity contribution in [2.75, 3.05) is 49.5 Å². The Balaban J connectivity index is 0.00000363. The predicted octanol–water partition coefficient (Wildman–Crippen LogP) is 3.45. The van der Waals surface area contributed by atoms with Gasteiger partial charge in [-0.1, -0.05) is 6.07 Å². The van der Waals surface area contributed by atoms with Crippen LogP contribution in [0.15, 0.2) is 29.6 Å². The second kappa shape index (κ2) is 11.5. The van der Waals surface area contributed by atoms with E-state index in [1.165, 1.54) is 17.4 Å². The van der Waals surface area contributed by atoms with Crippen LogP contribution in [-0.4, -0.2) is 61.1 Å². The van der Waals surface area contributed by atoms with Crippen LogP contribution in [0.2, 0.25) is 0 Å². The Morgan fingerprint density at radius 3 is 2.59 bits per heavy atom. The number of carbonyl (C=O) groups excluding carboxylic acids is 2. The summed E-state index contributed by atoms with van der Waals surface area (Å²) >= 11 is 1.23. The average Bonchev–Trinajstić information content (AvgIpc) is 3.14. The molecule has 1 N–H and O–H groups in total. The number of piperazine rings is 1. The molecule has 1 fully saturated rings. The Labute approximate surface area is 194 Å². The highest BCUT2D eigenvalue weighted by Gasteiger charge is 2.31. The van der Waals surface area contributed by atoms with E-state index in [2.05, 4.69) is 10.3 Å². The molecule has 0 spiro atoms. The molecule has 0 bridgehead atoms. The Morgan fingerprint density at radius 2 is 1.94 bits per heavy atom. The van der Waals surface area contributed by atoms with E-state index in [1.807, 2.05) is 9.80 Å². The number of halogens is 4. The third-order valence-corrected chi connectivity index (χ3v) is 5.51. The summed E-state index contributed by atoms with van der Waals surface area (Å²) in [6.45, 7) is 4.33. The largest absolute Gasteiger partial charge is 0.466 e. The van der Waals surface area contributed by atoms with E-state index in [0.717, 1.165) is 12.1 Å². The zero-order chi connectivity index (χ0) is 22.4. The van der Waals surface area contributed by atoms with Gasteiger partial charge in [0.15, 0.2) is 5.13 Å². The molecule has 1 amide bonds. The molecule has 176 valence electrons. The first-order valence-corrected chi connectivity index (χ1v) is 10.7. The molecular formula is C20H24ClF3N4O3S. The third kappa shape index (κ3) is 7.35. The SMILES string of the molecule is CCOC(=O)Cc1csc(NC(=O)CN2CCN(c3cccc(C(F)(F)F)c3)CC2)n1.Cl. The molecule has 0 radical (unpaired) electrons. The third-order valence-electron chi connectivity index (χ3n) is 4.71. The molecule has 2 heterocycles. The van der Waals surface area contributed by atoms with Crippen LogP contribution >= 0.6 is 23.7 Å². The number of nitrogens with one attached hydrogen (secondary N) is 1. The number of benzene rings is 1. The Bertz CT molecular complexity index is 917. The molecule has 32 heavy (non-hydrogen) atoms. The van der Waals surface area contributed by atoms with Crippen LogP contribution in [0.25, 0.3) is 0 Å². The highest BCUT2D eigenvalue weighted by atomic mass is 35.5. The molecule has 12 heteroatoms. The summed E-state index contributed by atoms with van der Waals surface area (Å²) in [5.74, 6) is -0.603. The van der Waals surface area contributed by atoms with Crippen LogP contribution in [0, 0.1) is 0 Å². The molecule has 0 atom stereocenters. The van der Waals surface area contributed by atoms with Gasteiger partial charge < -0.3 is 15.0 Å². The monoisotopic (exact) mass is 492 g/mol. The minimum absolute atomic E-state index is 0. The van der Waals surface area contributed by atoms with E-state index in [9.17, 15) is 22.8 Å². The van der Waals surface area contributed by atoms with Crippen molar-refractivity contribution >= 4 is 46.4 Å². The number of aromatic nitrogens is 1. The van der Waals surface area contributed by atoms with E-state index in [4.69, 9.17) is 4.74 Å². The molecular weight excluding hydrogens is 469 g/mol. The van der Waals surface area contributed by atoms with Crippen LogP contribution in [-0.2, 0) is 26.9 Å². The number of thiazole rings is 1. The van der Waals surface area contributed by atoms with Crippen molar-refractivity contribution in [1.82, 2.24) is 9.88 Å². The van der Waals surface area contributed by atoms with Gasteiger partial charge in [0.1, 0.15) is 0 Å². The molecule has 0 aliphatic carbocycles. The molecule has 1 saturated heterocycles. The second-order valence-corrected chi connectivity index (χ2v) is 7.84. The van der Waals surface area contributed by atoms with Crippen LogP contribution < -0.4 is 10.2 Å². The fourth-order valence-electron chi connectivity index (χ4n) is 3.21. The number of carbonyl (C=O) groups is 2. The molecule has 1 aromatic heterocycles. The lowest BCUT2D eigenvalue weighted by molar-refractivity contribution is -0.142. The van der Waals surface area contributed by atoms with Crippen molar-refractivity contribution in [3.63, 3.8) is 0 Å². The number of alkyl halides is 3. The van der Waals surface area contributed by atoms with Crippen molar-refractivity contribution in [3.05, 3.63) is 40.9 Å². The summed E-state index contributed by atoms with van der Waals surface area (Å²) in [6, 6.07) is 5.27. The van der Waals surface area contributed by atoms with E-state index in [0.29, 0.717) is 49.3 Å². The first-order valence-electron chi connectivity index (χ1n) is 9.79. The number of hydrogen-bond donors (Lipinski definition) is 1. The normalized spacial score (nSPS) is 14.6. The number of anilines is 2. The number of esters is 1. The topological polar surface area (TPSA) is 74.8 Å². The summed E-state index contributed by atoms with van der Waals surface area (Å²) in [4.78, 5) is 31.8. The van der Waals surface area contributed by atoms with Crippen LogP contribution in [0.5, 0.6) is 0 Å². The number of ether oxygens (including phenoxy) is 1. The Morgan fingerprint density at radius 1 is 1.22 bits per heavy atom. The minimum Gasteiger partial charge on any atom is -0.466 e. The van der Waals surface area contributed by atoms with Gasteiger partial charge in [-0.15, -0.1) is 23.7 Å². The zero-order valence-electron chi connectivity index (χ0n) is 17.4. The molecule has 0 saturated carbocycles. The van der Waals surface area contributed by atoms with Gasteiger partial charge in [-0.2, -0.15) is 13.2 Å². The lowest BCUT2D eigenvalue weighted by atomic mass is 10.1. The van der Waals surface area contributed by atoms with Crippen LogP contribution in [0.3, 0.4) is 0 Å². The maximum Gasteiger partial charge on any atom is 0.416 e. The van der Waals surface area contributed by atoms with Gasteiger partial charge in [-0.3, -0.25) is 14.5 Å². The fourth-order valence-corrected chi connectivity index (χ4v) is 3.94. The summed E-state index contributed by atoms with van der Waals surface area (Å²) in [6.07, 6.45) is -4.32. The molecule has 1 aliphatic rings. The van der Waals surface area contributed by atoms with Crippen molar-refractivity contribution in [3.8, 4) is 0 Å². The summed E-state index contributed by atoms with van der Waals surface area (Å²) in [7, 11) is 0. The van der Waals surface area contributed by atoms with Gasteiger partial charge in [-0.05, 0) is 25.1 Å².